The number of ether oxygens (including phenoxy) is 1. The number of aromatic nitrogens is 3. The Kier molecular flexibility index (Phi) is 4.52. The average Bonchev–Trinajstić information content (AvgIpc) is 2.80. The normalized spacial score (nSPS) is 12.4. The zero-order chi connectivity index (χ0) is 13.7. The van der Waals surface area contributed by atoms with E-state index in [1.807, 2.05) is 25.4 Å². The Morgan fingerprint density at radius 3 is 3.00 bits per heavy atom. The predicted molar refractivity (Wildman–Crippen MR) is 75.4 cm³/mol. The number of nitrogens with zero attached hydrogens (tertiary/aromatic N) is 3. The van der Waals surface area contributed by atoms with Crippen LogP contribution in [0.15, 0.2) is 30.7 Å². The Morgan fingerprint density at radius 1 is 1.47 bits per heavy atom. The molecule has 0 radical (unpaired) electrons. The second kappa shape index (κ2) is 6.33. The van der Waals surface area contributed by atoms with Gasteiger partial charge >= 0.3 is 0 Å². The lowest BCUT2D eigenvalue weighted by Crippen LogP contribution is -2.15. The lowest BCUT2D eigenvalue weighted by atomic mass is 10.1. The van der Waals surface area contributed by atoms with Gasteiger partial charge in [0.1, 0.15) is 0 Å². The molecule has 0 aromatic carbocycles. The highest BCUT2D eigenvalue weighted by atomic mass is 16.5. The number of imidazole rings is 1. The molecule has 1 atom stereocenters. The van der Waals surface area contributed by atoms with E-state index in [-0.39, 0.29) is 6.04 Å². The number of aryl methyl sites for hydroxylation is 1. The van der Waals surface area contributed by atoms with Gasteiger partial charge in [0.2, 0.25) is 5.95 Å². The fraction of sp³-hybridized carbons (Fsp3) is 0.429. The maximum Gasteiger partial charge on any atom is 0.203 e. The molecule has 1 unspecified atom stereocenters. The van der Waals surface area contributed by atoms with Gasteiger partial charge in [-0.15, -0.1) is 0 Å². The van der Waals surface area contributed by atoms with Crippen molar-refractivity contribution in [2.75, 3.05) is 25.6 Å². The van der Waals surface area contributed by atoms with Gasteiger partial charge in [-0.05, 0) is 25.5 Å². The summed E-state index contributed by atoms with van der Waals surface area (Å²) < 4.78 is 7.17. The first-order valence-electron chi connectivity index (χ1n) is 6.40. The summed E-state index contributed by atoms with van der Waals surface area (Å²) in [5.74, 6) is 0.867. The van der Waals surface area contributed by atoms with Crippen LogP contribution in [-0.2, 0) is 4.74 Å². The van der Waals surface area contributed by atoms with Crippen molar-refractivity contribution in [3.05, 3.63) is 42.0 Å². The number of hydrogen-bond donors (Lipinski definition) is 1. The van der Waals surface area contributed by atoms with Gasteiger partial charge in [0, 0.05) is 32.2 Å². The maximum absolute atomic E-state index is 5.05. The molecule has 0 spiro atoms. The van der Waals surface area contributed by atoms with Crippen molar-refractivity contribution in [3.8, 4) is 0 Å². The zero-order valence-electron chi connectivity index (χ0n) is 11.6. The number of nitrogens with one attached hydrogen (secondary N) is 1. The maximum atomic E-state index is 5.05. The van der Waals surface area contributed by atoms with E-state index in [9.17, 15) is 0 Å². The van der Waals surface area contributed by atoms with Gasteiger partial charge in [-0.3, -0.25) is 4.98 Å². The van der Waals surface area contributed by atoms with Crippen LogP contribution in [0.3, 0.4) is 0 Å². The Labute approximate surface area is 113 Å². The monoisotopic (exact) mass is 260 g/mol. The lowest BCUT2D eigenvalue weighted by molar-refractivity contribution is 0.210. The van der Waals surface area contributed by atoms with E-state index >= 15 is 0 Å². The second-order valence-corrected chi connectivity index (χ2v) is 4.50. The van der Waals surface area contributed by atoms with E-state index < -0.39 is 0 Å². The highest BCUT2D eigenvalue weighted by molar-refractivity contribution is 5.32. The molecule has 5 nitrogen and oxygen atoms in total. The van der Waals surface area contributed by atoms with Crippen LogP contribution in [0.2, 0.25) is 0 Å². The summed E-state index contributed by atoms with van der Waals surface area (Å²) in [6.45, 7) is 5.54. The Morgan fingerprint density at radius 2 is 2.32 bits per heavy atom. The fourth-order valence-electron chi connectivity index (χ4n) is 1.99. The first-order valence-corrected chi connectivity index (χ1v) is 6.40. The number of methoxy groups -OCH3 is 1. The van der Waals surface area contributed by atoms with Crippen LogP contribution in [0.4, 0.5) is 5.95 Å². The summed E-state index contributed by atoms with van der Waals surface area (Å²) in [7, 11) is 1.69. The van der Waals surface area contributed by atoms with E-state index in [0.29, 0.717) is 6.61 Å². The number of hydrogen-bond acceptors (Lipinski definition) is 4. The van der Waals surface area contributed by atoms with E-state index in [1.165, 1.54) is 0 Å². The molecule has 0 saturated carbocycles. The minimum atomic E-state index is 0.194. The Balaban J connectivity index is 2.19. The predicted octanol–water partition coefficient (Wildman–Crippen LogP) is 2.25. The topological polar surface area (TPSA) is 52.0 Å². The first kappa shape index (κ1) is 13.5. The van der Waals surface area contributed by atoms with Crippen molar-refractivity contribution < 1.29 is 4.74 Å². The highest BCUT2D eigenvalue weighted by Gasteiger charge is 2.13. The number of anilines is 1. The molecule has 5 heteroatoms. The van der Waals surface area contributed by atoms with Crippen molar-refractivity contribution in [2.45, 2.75) is 19.9 Å². The van der Waals surface area contributed by atoms with E-state index in [1.54, 1.807) is 13.3 Å². The summed E-state index contributed by atoms with van der Waals surface area (Å²) in [6, 6.07) is 4.22. The van der Waals surface area contributed by atoms with Crippen LogP contribution in [0.25, 0.3) is 0 Å². The van der Waals surface area contributed by atoms with Crippen LogP contribution in [0.1, 0.15) is 24.2 Å². The molecule has 0 aliphatic carbocycles. The molecule has 1 N–H and O–H groups in total. The average molecular weight is 260 g/mol. The first-order chi connectivity index (χ1) is 9.22. The summed E-state index contributed by atoms with van der Waals surface area (Å²) in [4.78, 5) is 8.67. The molecular formula is C14H20N4O. The third kappa shape index (κ3) is 3.32. The molecule has 0 bridgehead atoms. The Hall–Kier alpha value is -1.88. The van der Waals surface area contributed by atoms with E-state index in [4.69, 9.17) is 4.74 Å². The quantitative estimate of drug-likeness (QED) is 0.809. The summed E-state index contributed by atoms with van der Waals surface area (Å²) in [5.41, 5.74) is 2.16. The third-order valence-corrected chi connectivity index (χ3v) is 3.03. The van der Waals surface area contributed by atoms with Crippen LogP contribution >= 0.6 is 0 Å². The second-order valence-electron chi connectivity index (χ2n) is 4.50. The van der Waals surface area contributed by atoms with Gasteiger partial charge < -0.3 is 14.6 Å². The highest BCUT2D eigenvalue weighted by Crippen LogP contribution is 2.21. The van der Waals surface area contributed by atoms with Crippen molar-refractivity contribution >= 4 is 5.95 Å². The molecule has 0 aliphatic rings. The molecule has 19 heavy (non-hydrogen) atoms. The van der Waals surface area contributed by atoms with Gasteiger partial charge in [0.15, 0.2) is 0 Å². The molecule has 0 amide bonds. The van der Waals surface area contributed by atoms with Crippen molar-refractivity contribution in [1.82, 2.24) is 14.5 Å². The van der Waals surface area contributed by atoms with Gasteiger partial charge in [-0.2, -0.15) is 0 Å². The van der Waals surface area contributed by atoms with Gasteiger partial charge in [-0.1, -0.05) is 6.07 Å². The van der Waals surface area contributed by atoms with Crippen molar-refractivity contribution in [2.24, 2.45) is 0 Å². The van der Waals surface area contributed by atoms with E-state index in [0.717, 1.165) is 23.8 Å². The molecule has 102 valence electrons. The van der Waals surface area contributed by atoms with Crippen molar-refractivity contribution in [1.29, 1.82) is 0 Å². The molecule has 2 aromatic heterocycles. The number of rotatable bonds is 6. The molecule has 2 rings (SSSR count). The van der Waals surface area contributed by atoms with Crippen LogP contribution in [0.5, 0.6) is 0 Å². The van der Waals surface area contributed by atoms with Gasteiger partial charge in [-0.25, -0.2) is 4.98 Å². The zero-order valence-corrected chi connectivity index (χ0v) is 11.6. The molecule has 0 saturated heterocycles. The van der Waals surface area contributed by atoms with E-state index in [2.05, 4.69) is 32.8 Å². The fourth-order valence-corrected chi connectivity index (χ4v) is 1.99. The SMILES string of the molecule is COCCNc1nc(C)cn1C(C)c1cccnc1. The lowest BCUT2D eigenvalue weighted by Gasteiger charge is -2.17. The van der Waals surface area contributed by atoms with Gasteiger partial charge in [0.25, 0.3) is 0 Å². The molecule has 2 heterocycles. The molecule has 0 fully saturated rings. The number of pyridine rings is 1. The minimum absolute atomic E-state index is 0.194. The van der Waals surface area contributed by atoms with Gasteiger partial charge in [0.05, 0.1) is 18.3 Å². The summed E-state index contributed by atoms with van der Waals surface area (Å²) >= 11 is 0. The largest absolute Gasteiger partial charge is 0.383 e. The molecule has 0 aliphatic heterocycles. The van der Waals surface area contributed by atoms with Crippen molar-refractivity contribution in [3.63, 3.8) is 0 Å². The summed E-state index contributed by atoms with van der Waals surface area (Å²) in [5, 5.41) is 3.29. The Bertz CT molecular complexity index is 509. The standard InChI is InChI=1S/C14H20N4O/c1-11-10-18(14(17-11)16-7-8-19-3)12(2)13-5-4-6-15-9-13/h4-6,9-10,12H,7-8H2,1-3H3,(H,16,17). The van der Waals surface area contributed by atoms with Crippen LogP contribution in [0, 0.1) is 6.92 Å². The van der Waals surface area contributed by atoms with Crippen LogP contribution < -0.4 is 5.32 Å². The molecule has 2 aromatic rings. The molecular weight excluding hydrogens is 240 g/mol. The van der Waals surface area contributed by atoms with Crippen LogP contribution in [-0.4, -0.2) is 34.8 Å². The summed E-state index contributed by atoms with van der Waals surface area (Å²) in [6.07, 6.45) is 5.72. The minimum Gasteiger partial charge on any atom is -0.383 e. The smallest absolute Gasteiger partial charge is 0.203 e. The third-order valence-electron chi connectivity index (χ3n) is 3.03.